The van der Waals surface area contributed by atoms with Crippen LogP contribution < -0.4 is 0 Å². The van der Waals surface area contributed by atoms with Crippen LogP contribution in [0.4, 0.5) is 0 Å². The lowest BCUT2D eigenvalue weighted by Crippen LogP contribution is -2.38. The van der Waals surface area contributed by atoms with Gasteiger partial charge in [0.15, 0.2) is 0 Å². The maximum Gasteiger partial charge on any atom is 0.251 e. The third-order valence-corrected chi connectivity index (χ3v) is 2.17. The van der Waals surface area contributed by atoms with Crippen molar-refractivity contribution in [1.82, 2.24) is 5.06 Å². The zero-order chi connectivity index (χ0) is 10.6. The Hall–Kier alpha value is -0.610. The minimum atomic E-state index is -0.620. The highest BCUT2D eigenvalue weighted by molar-refractivity contribution is 5.77. The van der Waals surface area contributed by atoms with E-state index in [1.54, 1.807) is 6.92 Å². The Kier molecular flexibility index (Phi) is 4.95. The fraction of sp³-hybridized carbons (Fsp3) is 0.889. The molecule has 2 unspecified atom stereocenters. The molecule has 0 aliphatic heterocycles. The van der Waals surface area contributed by atoms with Gasteiger partial charge in [0, 0.05) is 7.05 Å². The second-order valence-corrected chi connectivity index (χ2v) is 3.54. The van der Waals surface area contributed by atoms with Gasteiger partial charge in [-0.1, -0.05) is 20.8 Å². The van der Waals surface area contributed by atoms with Crippen molar-refractivity contribution >= 4 is 5.91 Å². The maximum atomic E-state index is 11.5. The molecule has 4 heteroatoms. The Bertz CT molecular complexity index is 170. The van der Waals surface area contributed by atoms with Crippen LogP contribution in [-0.2, 0) is 9.63 Å². The molecular formula is C9H19NO3. The van der Waals surface area contributed by atoms with Crippen LogP contribution in [0.2, 0.25) is 0 Å². The van der Waals surface area contributed by atoms with Gasteiger partial charge in [-0.3, -0.25) is 9.63 Å². The molecule has 13 heavy (non-hydrogen) atoms. The first-order valence-electron chi connectivity index (χ1n) is 4.41. The van der Waals surface area contributed by atoms with Crippen molar-refractivity contribution in [2.75, 3.05) is 14.2 Å². The lowest BCUT2D eigenvalue weighted by atomic mass is 9.94. The Morgan fingerprint density at radius 1 is 1.38 bits per heavy atom. The van der Waals surface area contributed by atoms with Crippen LogP contribution in [0.15, 0.2) is 0 Å². The highest BCUT2D eigenvalue weighted by atomic mass is 16.7. The highest BCUT2D eigenvalue weighted by Crippen LogP contribution is 2.14. The zero-order valence-electron chi connectivity index (χ0n) is 8.94. The molecule has 0 aromatic rings. The molecule has 0 aromatic heterocycles. The summed E-state index contributed by atoms with van der Waals surface area (Å²) in [7, 11) is 2.96. The van der Waals surface area contributed by atoms with Crippen molar-refractivity contribution in [3.63, 3.8) is 0 Å². The summed E-state index contributed by atoms with van der Waals surface area (Å²) in [5, 5.41) is 10.7. The standard InChI is InChI=1S/C9H19NO3/c1-6(2)8(11)7(3)9(12)10(4)13-5/h6-8,11H,1-5H3. The SMILES string of the molecule is CON(C)C(=O)C(C)C(O)C(C)C. The van der Waals surface area contributed by atoms with Gasteiger partial charge in [0.1, 0.15) is 0 Å². The van der Waals surface area contributed by atoms with Crippen molar-refractivity contribution in [2.45, 2.75) is 26.9 Å². The normalized spacial score (nSPS) is 15.6. The number of rotatable bonds is 4. The number of aliphatic hydroxyl groups is 1. The second kappa shape index (κ2) is 5.19. The first-order valence-corrected chi connectivity index (χ1v) is 4.41. The summed E-state index contributed by atoms with van der Waals surface area (Å²) in [6, 6.07) is 0. The van der Waals surface area contributed by atoms with Gasteiger partial charge in [0.2, 0.25) is 0 Å². The van der Waals surface area contributed by atoms with Crippen molar-refractivity contribution in [1.29, 1.82) is 0 Å². The van der Waals surface area contributed by atoms with Gasteiger partial charge in [-0.15, -0.1) is 0 Å². The monoisotopic (exact) mass is 189 g/mol. The molecule has 0 aliphatic rings. The van der Waals surface area contributed by atoms with E-state index >= 15 is 0 Å². The molecule has 0 bridgehead atoms. The molecule has 1 N–H and O–H groups in total. The molecule has 0 heterocycles. The van der Waals surface area contributed by atoms with Crippen LogP contribution in [0, 0.1) is 11.8 Å². The third-order valence-electron chi connectivity index (χ3n) is 2.17. The fourth-order valence-electron chi connectivity index (χ4n) is 1.10. The van der Waals surface area contributed by atoms with Gasteiger partial charge in [0.25, 0.3) is 5.91 Å². The minimum Gasteiger partial charge on any atom is -0.392 e. The molecule has 1 amide bonds. The third kappa shape index (κ3) is 3.32. The van der Waals surface area contributed by atoms with Crippen LogP contribution >= 0.6 is 0 Å². The van der Waals surface area contributed by atoms with E-state index in [0.29, 0.717) is 0 Å². The molecule has 0 radical (unpaired) electrons. The highest BCUT2D eigenvalue weighted by Gasteiger charge is 2.26. The van der Waals surface area contributed by atoms with Crippen LogP contribution in [0.3, 0.4) is 0 Å². The van der Waals surface area contributed by atoms with E-state index in [1.807, 2.05) is 13.8 Å². The smallest absolute Gasteiger partial charge is 0.251 e. The van der Waals surface area contributed by atoms with Crippen molar-refractivity contribution in [3.05, 3.63) is 0 Å². The Labute approximate surface area is 79.4 Å². The quantitative estimate of drug-likeness (QED) is 0.661. The van der Waals surface area contributed by atoms with Crippen LogP contribution in [0.25, 0.3) is 0 Å². The zero-order valence-corrected chi connectivity index (χ0v) is 8.94. The van der Waals surface area contributed by atoms with E-state index in [0.717, 1.165) is 5.06 Å². The summed E-state index contributed by atoms with van der Waals surface area (Å²) in [6.07, 6.45) is -0.620. The van der Waals surface area contributed by atoms with E-state index in [4.69, 9.17) is 4.84 Å². The molecule has 2 atom stereocenters. The summed E-state index contributed by atoms with van der Waals surface area (Å²) >= 11 is 0. The number of hydrogen-bond acceptors (Lipinski definition) is 3. The van der Waals surface area contributed by atoms with Crippen molar-refractivity contribution in [2.24, 2.45) is 11.8 Å². The average molecular weight is 189 g/mol. The average Bonchev–Trinajstić information content (AvgIpc) is 2.12. The van der Waals surface area contributed by atoms with Crippen molar-refractivity contribution < 1.29 is 14.7 Å². The van der Waals surface area contributed by atoms with E-state index in [9.17, 15) is 9.90 Å². The Balaban J connectivity index is 4.25. The molecule has 0 rings (SSSR count). The van der Waals surface area contributed by atoms with Gasteiger partial charge < -0.3 is 5.11 Å². The number of aliphatic hydroxyl groups excluding tert-OH is 1. The summed E-state index contributed by atoms with van der Waals surface area (Å²) in [4.78, 5) is 16.2. The molecule has 0 spiro atoms. The Morgan fingerprint density at radius 2 is 1.85 bits per heavy atom. The Morgan fingerprint density at radius 3 is 2.15 bits per heavy atom. The number of hydrogen-bond donors (Lipinski definition) is 1. The lowest BCUT2D eigenvalue weighted by molar-refractivity contribution is -0.177. The van der Waals surface area contributed by atoms with Crippen LogP contribution in [0.5, 0.6) is 0 Å². The first kappa shape index (κ1) is 12.4. The first-order chi connectivity index (χ1) is 5.91. The molecule has 78 valence electrons. The van der Waals surface area contributed by atoms with Gasteiger partial charge in [0.05, 0.1) is 19.1 Å². The minimum absolute atomic E-state index is 0.0733. The molecule has 4 nitrogen and oxygen atoms in total. The van der Waals surface area contributed by atoms with Gasteiger partial charge in [-0.25, -0.2) is 5.06 Å². The van der Waals surface area contributed by atoms with Crippen molar-refractivity contribution in [3.8, 4) is 0 Å². The molecule has 0 fully saturated rings. The number of carbonyl (C=O) groups is 1. The summed E-state index contributed by atoms with van der Waals surface area (Å²) in [6.45, 7) is 5.45. The lowest BCUT2D eigenvalue weighted by Gasteiger charge is -2.24. The molecular weight excluding hydrogens is 170 g/mol. The van der Waals surface area contributed by atoms with Gasteiger partial charge in [-0.2, -0.15) is 0 Å². The predicted molar refractivity (Wildman–Crippen MR) is 49.8 cm³/mol. The maximum absolute atomic E-state index is 11.5. The fourth-order valence-corrected chi connectivity index (χ4v) is 1.10. The molecule has 0 saturated heterocycles. The van der Waals surface area contributed by atoms with Gasteiger partial charge >= 0.3 is 0 Å². The number of amides is 1. The molecule has 0 saturated carbocycles. The number of carbonyl (C=O) groups excluding carboxylic acids is 1. The molecule has 0 aliphatic carbocycles. The molecule has 0 aromatic carbocycles. The van der Waals surface area contributed by atoms with E-state index in [2.05, 4.69) is 0 Å². The van der Waals surface area contributed by atoms with E-state index in [-0.39, 0.29) is 11.8 Å². The van der Waals surface area contributed by atoms with Crippen LogP contribution in [0.1, 0.15) is 20.8 Å². The summed E-state index contributed by atoms with van der Waals surface area (Å²) in [5.41, 5.74) is 0. The van der Waals surface area contributed by atoms with E-state index < -0.39 is 12.0 Å². The van der Waals surface area contributed by atoms with E-state index in [1.165, 1.54) is 14.2 Å². The largest absolute Gasteiger partial charge is 0.392 e. The summed E-state index contributed by atoms with van der Waals surface area (Å²) < 4.78 is 0. The topological polar surface area (TPSA) is 49.8 Å². The second-order valence-electron chi connectivity index (χ2n) is 3.54. The number of hydroxylamine groups is 2. The summed E-state index contributed by atoms with van der Waals surface area (Å²) in [5.74, 6) is -0.558. The van der Waals surface area contributed by atoms with Crippen LogP contribution in [-0.4, -0.2) is 36.3 Å². The number of nitrogens with zero attached hydrogens (tertiary/aromatic N) is 1. The van der Waals surface area contributed by atoms with Gasteiger partial charge in [-0.05, 0) is 5.92 Å². The predicted octanol–water partition coefficient (Wildman–Crippen LogP) is 0.659.